The molecule has 1 aliphatic rings. The lowest BCUT2D eigenvalue weighted by molar-refractivity contribution is 0.401. The molecule has 0 spiro atoms. The molecule has 3 nitrogen and oxygen atoms in total. The number of nitrogens with zero attached hydrogens (tertiary/aromatic N) is 1. The molecular weight excluding hydrogens is 278 g/mol. The second-order valence-corrected chi connectivity index (χ2v) is 7.47. The Bertz CT molecular complexity index is 635. The topological polar surface area (TPSA) is 37.4 Å². The van der Waals surface area contributed by atoms with Gasteiger partial charge in [-0.2, -0.15) is 4.31 Å². The molecule has 1 fully saturated rings. The van der Waals surface area contributed by atoms with Crippen molar-refractivity contribution in [1.29, 1.82) is 0 Å². The molecule has 1 aromatic carbocycles. The molecule has 1 aromatic heterocycles. The largest absolute Gasteiger partial charge is 0.243 e. The first-order valence-corrected chi connectivity index (χ1v) is 8.62. The van der Waals surface area contributed by atoms with Crippen LogP contribution in [-0.4, -0.2) is 19.3 Å². The summed E-state index contributed by atoms with van der Waals surface area (Å²) in [5.74, 6) is 0. The lowest BCUT2D eigenvalue weighted by Gasteiger charge is -2.23. The van der Waals surface area contributed by atoms with Crippen LogP contribution in [0.1, 0.15) is 23.8 Å². The Balaban J connectivity index is 1.97. The fraction of sp³-hybridized carbons (Fsp3) is 0.286. The molecule has 1 aliphatic heterocycles. The van der Waals surface area contributed by atoms with Gasteiger partial charge in [0.15, 0.2) is 0 Å². The van der Waals surface area contributed by atoms with Gasteiger partial charge in [-0.05, 0) is 36.4 Å². The third-order valence-electron chi connectivity index (χ3n) is 3.43. The van der Waals surface area contributed by atoms with E-state index in [2.05, 4.69) is 0 Å². The Morgan fingerprint density at radius 1 is 1.11 bits per heavy atom. The van der Waals surface area contributed by atoms with Crippen LogP contribution in [0.4, 0.5) is 0 Å². The maximum atomic E-state index is 12.7. The fourth-order valence-electron chi connectivity index (χ4n) is 2.52. The van der Waals surface area contributed by atoms with E-state index in [1.807, 2.05) is 23.6 Å². The average Bonchev–Trinajstić information content (AvgIpc) is 3.10. The third kappa shape index (κ3) is 2.33. The molecule has 0 unspecified atom stereocenters. The minimum Gasteiger partial charge on any atom is -0.207 e. The first kappa shape index (κ1) is 12.8. The minimum atomic E-state index is -3.37. The predicted octanol–water partition coefficient (Wildman–Crippen LogP) is 3.27. The van der Waals surface area contributed by atoms with E-state index in [1.165, 1.54) is 0 Å². The zero-order valence-corrected chi connectivity index (χ0v) is 12.0. The van der Waals surface area contributed by atoms with Crippen molar-refractivity contribution in [2.75, 3.05) is 6.54 Å². The Kier molecular flexibility index (Phi) is 3.43. The smallest absolute Gasteiger partial charge is 0.207 e. The highest BCUT2D eigenvalue weighted by molar-refractivity contribution is 7.89. The van der Waals surface area contributed by atoms with Crippen molar-refractivity contribution in [2.45, 2.75) is 23.8 Å². The van der Waals surface area contributed by atoms with Gasteiger partial charge in [-0.15, -0.1) is 11.3 Å². The second-order valence-electron chi connectivity index (χ2n) is 4.60. The molecule has 0 radical (unpaired) electrons. The second kappa shape index (κ2) is 5.07. The standard InChI is InChI=1S/C14H15NO2S2/c16-19(17,12-6-2-1-3-7-12)15-10-4-8-13(15)14-9-5-11-18-14/h1-3,5-7,9,11,13H,4,8,10H2/t13-/m1/s1. The van der Waals surface area contributed by atoms with Crippen LogP contribution >= 0.6 is 11.3 Å². The number of hydrogen-bond acceptors (Lipinski definition) is 3. The molecule has 2 aromatic rings. The van der Waals surface area contributed by atoms with Gasteiger partial charge < -0.3 is 0 Å². The van der Waals surface area contributed by atoms with Gasteiger partial charge in [-0.25, -0.2) is 8.42 Å². The van der Waals surface area contributed by atoms with E-state index in [1.54, 1.807) is 39.9 Å². The summed E-state index contributed by atoms with van der Waals surface area (Å²) in [4.78, 5) is 1.52. The van der Waals surface area contributed by atoms with E-state index < -0.39 is 10.0 Å². The summed E-state index contributed by atoms with van der Waals surface area (Å²) < 4.78 is 27.0. The molecule has 3 rings (SSSR count). The molecule has 0 N–H and O–H groups in total. The van der Waals surface area contributed by atoms with Crippen molar-refractivity contribution < 1.29 is 8.42 Å². The van der Waals surface area contributed by atoms with Crippen molar-refractivity contribution >= 4 is 21.4 Å². The van der Waals surface area contributed by atoms with Gasteiger partial charge in [0.1, 0.15) is 0 Å². The van der Waals surface area contributed by atoms with E-state index in [-0.39, 0.29) is 6.04 Å². The Hall–Kier alpha value is -1.17. The summed E-state index contributed by atoms with van der Waals surface area (Å²) in [6, 6.07) is 12.7. The van der Waals surface area contributed by atoms with Crippen LogP contribution in [-0.2, 0) is 10.0 Å². The zero-order chi connectivity index (χ0) is 13.3. The van der Waals surface area contributed by atoms with Crippen LogP contribution in [0.3, 0.4) is 0 Å². The fourth-order valence-corrected chi connectivity index (χ4v) is 5.16. The summed E-state index contributed by atoms with van der Waals surface area (Å²) in [6.45, 7) is 0.611. The first-order chi connectivity index (χ1) is 9.19. The van der Waals surface area contributed by atoms with Crippen molar-refractivity contribution in [3.8, 4) is 0 Å². The molecule has 0 bridgehead atoms. The quantitative estimate of drug-likeness (QED) is 0.871. The van der Waals surface area contributed by atoms with Crippen molar-refractivity contribution in [3.05, 3.63) is 52.7 Å². The Labute approximate surface area is 117 Å². The van der Waals surface area contributed by atoms with Crippen LogP contribution in [0.2, 0.25) is 0 Å². The Morgan fingerprint density at radius 2 is 1.89 bits per heavy atom. The summed E-state index contributed by atoms with van der Waals surface area (Å²) in [6.07, 6.45) is 1.83. The monoisotopic (exact) mass is 293 g/mol. The van der Waals surface area contributed by atoms with Gasteiger partial charge in [-0.3, -0.25) is 0 Å². The normalized spacial score (nSPS) is 20.7. The highest BCUT2D eigenvalue weighted by atomic mass is 32.2. The van der Waals surface area contributed by atoms with Gasteiger partial charge in [0.25, 0.3) is 0 Å². The van der Waals surface area contributed by atoms with Crippen LogP contribution in [0.25, 0.3) is 0 Å². The molecule has 19 heavy (non-hydrogen) atoms. The SMILES string of the molecule is O=S(=O)(c1ccccc1)N1CCC[C@@H]1c1cccs1. The summed E-state index contributed by atoms with van der Waals surface area (Å²) in [7, 11) is -3.37. The number of hydrogen-bond donors (Lipinski definition) is 0. The Morgan fingerprint density at radius 3 is 2.58 bits per heavy atom. The zero-order valence-electron chi connectivity index (χ0n) is 10.4. The van der Waals surface area contributed by atoms with Crippen LogP contribution in [0, 0.1) is 0 Å². The van der Waals surface area contributed by atoms with Crippen molar-refractivity contribution in [1.82, 2.24) is 4.31 Å². The maximum Gasteiger partial charge on any atom is 0.243 e. The highest BCUT2D eigenvalue weighted by Crippen LogP contribution is 2.38. The van der Waals surface area contributed by atoms with E-state index in [9.17, 15) is 8.42 Å². The molecule has 1 saturated heterocycles. The van der Waals surface area contributed by atoms with Crippen molar-refractivity contribution in [3.63, 3.8) is 0 Å². The summed E-state index contributed by atoms with van der Waals surface area (Å²) in [5.41, 5.74) is 0. The number of rotatable bonds is 3. The maximum absolute atomic E-state index is 12.7. The molecule has 2 heterocycles. The average molecular weight is 293 g/mol. The molecule has 5 heteroatoms. The molecule has 0 saturated carbocycles. The van der Waals surface area contributed by atoms with E-state index in [0.29, 0.717) is 11.4 Å². The van der Waals surface area contributed by atoms with Gasteiger partial charge in [0, 0.05) is 11.4 Å². The van der Waals surface area contributed by atoms with Crippen LogP contribution in [0.15, 0.2) is 52.7 Å². The number of benzene rings is 1. The molecule has 0 aliphatic carbocycles. The van der Waals surface area contributed by atoms with Gasteiger partial charge in [0.2, 0.25) is 10.0 Å². The lowest BCUT2D eigenvalue weighted by atomic mass is 10.2. The van der Waals surface area contributed by atoms with Gasteiger partial charge >= 0.3 is 0 Å². The van der Waals surface area contributed by atoms with E-state index in [0.717, 1.165) is 17.7 Å². The molecule has 1 atom stereocenters. The summed E-state index contributed by atoms with van der Waals surface area (Å²) in [5, 5.41) is 2.00. The first-order valence-electron chi connectivity index (χ1n) is 6.30. The molecule has 100 valence electrons. The van der Waals surface area contributed by atoms with Crippen LogP contribution in [0.5, 0.6) is 0 Å². The van der Waals surface area contributed by atoms with E-state index >= 15 is 0 Å². The highest BCUT2D eigenvalue weighted by Gasteiger charge is 2.36. The minimum absolute atomic E-state index is 0.00482. The molecular formula is C14H15NO2S2. The van der Waals surface area contributed by atoms with Gasteiger partial charge in [0.05, 0.1) is 10.9 Å². The number of sulfonamides is 1. The third-order valence-corrected chi connectivity index (χ3v) is 6.32. The van der Waals surface area contributed by atoms with Crippen molar-refractivity contribution in [2.24, 2.45) is 0 Å². The summed E-state index contributed by atoms with van der Waals surface area (Å²) >= 11 is 1.63. The number of thiophene rings is 1. The van der Waals surface area contributed by atoms with Gasteiger partial charge in [-0.1, -0.05) is 24.3 Å². The van der Waals surface area contributed by atoms with E-state index in [4.69, 9.17) is 0 Å². The van der Waals surface area contributed by atoms with Crippen LogP contribution < -0.4 is 0 Å². The predicted molar refractivity (Wildman–Crippen MR) is 76.6 cm³/mol. The lowest BCUT2D eigenvalue weighted by Crippen LogP contribution is -2.30. The molecule has 0 amide bonds.